The second kappa shape index (κ2) is 6.29. The van der Waals surface area contributed by atoms with Gasteiger partial charge >= 0.3 is 5.97 Å². The molecule has 0 spiro atoms. The standard InChI is InChI=1S/C22H18N2O3/c1-2-12-3-6-15(18(9-12)22(25)26)21-16-7-4-13(23)10-19(16)27-20-11-14(24)5-8-17(20)21/h3-11,23H,2,24H2,1H3,(H,25,26). The van der Waals surface area contributed by atoms with Crippen LogP contribution in [0.3, 0.4) is 0 Å². The van der Waals surface area contributed by atoms with Crippen molar-refractivity contribution < 1.29 is 14.3 Å². The van der Waals surface area contributed by atoms with Gasteiger partial charge in [-0.25, -0.2) is 4.79 Å². The highest BCUT2D eigenvalue weighted by Crippen LogP contribution is 2.41. The lowest BCUT2D eigenvalue weighted by atomic mass is 9.89. The number of aryl methyl sites for hydroxylation is 1. The Morgan fingerprint density at radius 1 is 1.07 bits per heavy atom. The number of anilines is 1. The Hall–Kier alpha value is -3.60. The van der Waals surface area contributed by atoms with Crippen molar-refractivity contribution >= 4 is 22.6 Å². The maximum absolute atomic E-state index is 12.0. The molecular formula is C22H18N2O3. The van der Waals surface area contributed by atoms with E-state index in [1.165, 1.54) is 0 Å². The number of carboxylic acids is 1. The second-order valence-electron chi connectivity index (χ2n) is 6.48. The van der Waals surface area contributed by atoms with Gasteiger partial charge in [0.25, 0.3) is 0 Å². The summed E-state index contributed by atoms with van der Waals surface area (Å²) in [5.74, 6) is -0.457. The molecule has 5 heteroatoms. The summed E-state index contributed by atoms with van der Waals surface area (Å²) in [6.07, 6.45) is 0.755. The first-order chi connectivity index (χ1) is 13.0. The Morgan fingerprint density at radius 3 is 2.59 bits per heavy atom. The molecule has 0 fully saturated rings. The summed E-state index contributed by atoms with van der Waals surface area (Å²) in [5.41, 5.74) is 10.4. The average molecular weight is 358 g/mol. The van der Waals surface area contributed by atoms with Crippen molar-refractivity contribution in [1.82, 2.24) is 0 Å². The lowest BCUT2D eigenvalue weighted by molar-refractivity contribution is 0.0697. The van der Waals surface area contributed by atoms with Gasteiger partial charge in [0.15, 0.2) is 0 Å². The highest BCUT2D eigenvalue weighted by molar-refractivity contribution is 6.07. The first kappa shape index (κ1) is 16.8. The van der Waals surface area contributed by atoms with Crippen molar-refractivity contribution in [2.24, 2.45) is 0 Å². The lowest BCUT2D eigenvalue weighted by Gasteiger charge is -2.17. The van der Waals surface area contributed by atoms with E-state index >= 15 is 0 Å². The van der Waals surface area contributed by atoms with Gasteiger partial charge in [0.1, 0.15) is 11.3 Å². The summed E-state index contributed by atoms with van der Waals surface area (Å²) in [5, 5.41) is 18.8. The molecule has 0 atom stereocenters. The highest BCUT2D eigenvalue weighted by Gasteiger charge is 2.21. The van der Waals surface area contributed by atoms with Crippen LogP contribution in [-0.4, -0.2) is 11.1 Å². The van der Waals surface area contributed by atoms with E-state index in [-0.39, 0.29) is 5.56 Å². The van der Waals surface area contributed by atoms with E-state index in [9.17, 15) is 9.90 Å². The van der Waals surface area contributed by atoms with E-state index in [4.69, 9.17) is 15.6 Å². The molecule has 1 aliphatic heterocycles. The zero-order valence-corrected chi connectivity index (χ0v) is 14.7. The molecule has 0 aromatic heterocycles. The van der Waals surface area contributed by atoms with Gasteiger partial charge in [0, 0.05) is 34.3 Å². The fraction of sp³-hybridized carbons (Fsp3) is 0.0909. The van der Waals surface area contributed by atoms with Crippen molar-refractivity contribution in [2.75, 3.05) is 5.73 Å². The number of hydrogen-bond acceptors (Lipinski definition) is 4. The zero-order valence-electron chi connectivity index (χ0n) is 14.7. The number of carboxylic acid groups (broad SMARTS) is 1. The molecule has 5 nitrogen and oxygen atoms in total. The lowest BCUT2D eigenvalue weighted by Crippen LogP contribution is -2.04. The van der Waals surface area contributed by atoms with Crippen LogP contribution in [-0.2, 0) is 6.42 Å². The van der Waals surface area contributed by atoms with E-state index in [0.29, 0.717) is 28.0 Å². The molecule has 2 aromatic rings. The van der Waals surface area contributed by atoms with Crippen molar-refractivity contribution in [3.05, 3.63) is 71.1 Å². The Balaban J connectivity index is 2.18. The van der Waals surface area contributed by atoms with Crippen molar-refractivity contribution in [3.63, 3.8) is 0 Å². The molecule has 134 valence electrons. The van der Waals surface area contributed by atoms with Crippen molar-refractivity contribution in [3.8, 4) is 22.5 Å². The van der Waals surface area contributed by atoms with Crippen LogP contribution in [0.4, 0.5) is 5.69 Å². The minimum Gasteiger partial charge on any atom is -0.478 e. The van der Waals surface area contributed by atoms with Gasteiger partial charge in [-0.05, 0) is 47.9 Å². The monoisotopic (exact) mass is 358 g/mol. The third kappa shape index (κ3) is 2.83. The van der Waals surface area contributed by atoms with Gasteiger partial charge in [0.2, 0.25) is 0 Å². The number of carbonyl (C=O) groups is 1. The first-order valence-corrected chi connectivity index (χ1v) is 8.65. The van der Waals surface area contributed by atoms with E-state index < -0.39 is 5.97 Å². The largest absolute Gasteiger partial charge is 0.478 e. The molecule has 0 unspecified atom stereocenters. The molecule has 0 radical (unpaired) electrons. The van der Waals surface area contributed by atoms with Crippen molar-refractivity contribution in [1.29, 1.82) is 5.41 Å². The first-order valence-electron chi connectivity index (χ1n) is 8.65. The van der Waals surface area contributed by atoms with E-state index in [0.717, 1.165) is 28.5 Å². The molecule has 0 amide bonds. The number of nitrogens with two attached hydrogens (primary N) is 1. The molecule has 1 heterocycles. The number of rotatable bonds is 3. The molecular weight excluding hydrogens is 340 g/mol. The summed E-state index contributed by atoms with van der Waals surface area (Å²) in [6, 6.07) is 15.9. The van der Waals surface area contributed by atoms with Gasteiger partial charge in [-0.1, -0.05) is 19.1 Å². The van der Waals surface area contributed by atoms with Crippen LogP contribution in [0.15, 0.2) is 59.0 Å². The van der Waals surface area contributed by atoms with Crippen LogP contribution in [0, 0.1) is 5.41 Å². The number of nitrogens with one attached hydrogen (secondary N) is 1. The molecule has 4 N–H and O–H groups in total. The van der Waals surface area contributed by atoms with Gasteiger partial charge < -0.3 is 20.7 Å². The van der Waals surface area contributed by atoms with Crippen molar-refractivity contribution in [2.45, 2.75) is 13.3 Å². The van der Waals surface area contributed by atoms with Gasteiger partial charge in [0.05, 0.1) is 10.9 Å². The summed E-state index contributed by atoms with van der Waals surface area (Å²) in [4.78, 5) is 12.0. The Labute approximate surface area is 155 Å². The molecule has 2 aliphatic rings. The number of nitrogen functional groups attached to an aromatic ring is 1. The Bertz CT molecular complexity index is 1220. The molecule has 0 bridgehead atoms. The SMILES string of the molecule is CCc1ccc(-c2c3ccc(=N)cc-3oc3cc(N)ccc23)c(C(=O)O)c1. The van der Waals surface area contributed by atoms with Gasteiger partial charge in [-0.15, -0.1) is 0 Å². The normalized spacial score (nSPS) is 11.1. The van der Waals surface area contributed by atoms with Crippen LogP contribution >= 0.6 is 0 Å². The smallest absolute Gasteiger partial charge is 0.336 e. The van der Waals surface area contributed by atoms with Crippen LogP contribution in [0.1, 0.15) is 22.8 Å². The number of fused-ring (bicyclic) bond motifs is 2. The molecule has 2 aromatic carbocycles. The third-order valence-electron chi connectivity index (χ3n) is 4.74. The number of aromatic carboxylic acids is 1. The molecule has 0 saturated heterocycles. The van der Waals surface area contributed by atoms with Gasteiger partial charge in [-0.2, -0.15) is 0 Å². The fourth-order valence-electron chi connectivity index (χ4n) is 3.40. The summed E-state index contributed by atoms with van der Waals surface area (Å²) in [6.45, 7) is 1.99. The molecule has 27 heavy (non-hydrogen) atoms. The summed E-state index contributed by atoms with van der Waals surface area (Å²) < 4.78 is 5.97. The predicted molar refractivity (Wildman–Crippen MR) is 105 cm³/mol. The highest BCUT2D eigenvalue weighted by atomic mass is 16.4. The summed E-state index contributed by atoms with van der Waals surface area (Å²) in [7, 11) is 0. The molecule has 1 aliphatic carbocycles. The number of benzene rings is 3. The van der Waals surface area contributed by atoms with Crippen LogP contribution in [0.2, 0.25) is 0 Å². The topological polar surface area (TPSA) is 100 Å². The average Bonchev–Trinajstić information content (AvgIpc) is 2.65. The van der Waals surface area contributed by atoms with Crippen LogP contribution in [0.5, 0.6) is 0 Å². The molecule has 0 saturated carbocycles. The fourth-order valence-corrected chi connectivity index (χ4v) is 3.40. The molecule has 4 rings (SSSR count). The maximum Gasteiger partial charge on any atom is 0.336 e. The Kier molecular flexibility index (Phi) is 3.92. The maximum atomic E-state index is 12.0. The van der Waals surface area contributed by atoms with Crippen LogP contribution < -0.4 is 11.1 Å². The second-order valence-corrected chi connectivity index (χ2v) is 6.48. The van der Waals surface area contributed by atoms with E-state index in [2.05, 4.69) is 0 Å². The minimum atomic E-state index is -0.977. The van der Waals surface area contributed by atoms with Gasteiger partial charge in [-0.3, -0.25) is 0 Å². The quantitative estimate of drug-likeness (QED) is 0.370. The van der Waals surface area contributed by atoms with E-state index in [1.54, 1.807) is 36.4 Å². The Morgan fingerprint density at radius 2 is 1.85 bits per heavy atom. The van der Waals surface area contributed by atoms with Crippen LogP contribution in [0.25, 0.3) is 33.4 Å². The zero-order chi connectivity index (χ0) is 19.1. The number of hydrogen-bond donors (Lipinski definition) is 3. The predicted octanol–water partition coefficient (Wildman–Crippen LogP) is 4.53. The minimum absolute atomic E-state index is 0.245. The summed E-state index contributed by atoms with van der Waals surface area (Å²) >= 11 is 0. The third-order valence-corrected chi connectivity index (χ3v) is 4.74. The van der Waals surface area contributed by atoms with E-state index in [1.807, 2.05) is 25.1 Å².